The van der Waals surface area contributed by atoms with E-state index in [0.29, 0.717) is 6.42 Å². The van der Waals surface area contributed by atoms with Crippen LogP contribution in [0, 0.1) is 0 Å². The van der Waals surface area contributed by atoms with Gasteiger partial charge in [-0.2, -0.15) is 0 Å². The standard InChI is InChI=1S/C21H33NO3/c1-2-3-4-5-6-7-8-9-10-11-12-13-14-15-16-17-18-19-20(23)21(24)22-25/h6-7,9-10,12-13,15-16,25H,2-5,8,11,14,17-19H2,1H3,(H,22,24)/b7-6-,10-9-,13-12-,16-15-. The molecule has 0 unspecified atom stereocenters. The molecule has 0 saturated carbocycles. The quantitative estimate of drug-likeness (QED) is 0.141. The Morgan fingerprint density at radius 2 is 1.24 bits per heavy atom. The van der Waals surface area contributed by atoms with E-state index in [9.17, 15) is 9.59 Å². The number of nitrogens with one attached hydrogen (secondary N) is 1. The summed E-state index contributed by atoms with van der Waals surface area (Å²) in [5, 5.41) is 8.30. The molecule has 0 aliphatic carbocycles. The largest absolute Gasteiger partial charge is 0.310 e. The molecule has 0 radical (unpaired) electrons. The number of rotatable bonds is 15. The molecule has 4 nitrogen and oxygen atoms in total. The number of carbonyl (C=O) groups excluding carboxylic acids is 2. The molecule has 0 aromatic rings. The number of Topliss-reactive ketones (excluding diaryl/α,β-unsaturated/α-hetero) is 1. The molecule has 0 aliphatic heterocycles. The van der Waals surface area contributed by atoms with Gasteiger partial charge in [0, 0.05) is 6.42 Å². The van der Waals surface area contributed by atoms with Crippen LogP contribution in [0.25, 0.3) is 0 Å². The summed E-state index contributed by atoms with van der Waals surface area (Å²) in [4.78, 5) is 21.9. The summed E-state index contributed by atoms with van der Waals surface area (Å²) >= 11 is 0. The van der Waals surface area contributed by atoms with Crippen molar-refractivity contribution in [3.8, 4) is 0 Å². The van der Waals surface area contributed by atoms with Crippen molar-refractivity contribution in [1.82, 2.24) is 5.48 Å². The van der Waals surface area contributed by atoms with Crippen LogP contribution >= 0.6 is 0 Å². The normalized spacial score (nSPS) is 12.1. The fraction of sp³-hybridized carbons (Fsp3) is 0.524. The van der Waals surface area contributed by atoms with E-state index in [1.807, 2.05) is 6.08 Å². The molecule has 4 heteroatoms. The monoisotopic (exact) mass is 347 g/mol. The molecule has 0 atom stereocenters. The summed E-state index contributed by atoms with van der Waals surface area (Å²) in [6, 6.07) is 0. The molecule has 0 aliphatic rings. The first kappa shape index (κ1) is 23.1. The van der Waals surface area contributed by atoms with Crippen molar-refractivity contribution < 1.29 is 14.8 Å². The second-order valence-electron chi connectivity index (χ2n) is 5.84. The molecule has 0 bridgehead atoms. The Bertz CT molecular complexity index is 462. The van der Waals surface area contributed by atoms with E-state index >= 15 is 0 Å². The highest BCUT2D eigenvalue weighted by atomic mass is 16.5. The first-order chi connectivity index (χ1) is 12.2. The number of hydrogen-bond acceptors (Lipinski definition) is 3. The summed E-state index contributed by atoms with van der Waals surface area (Å²) in [6.45, 7) is 2.22. The second kappa shape index (κ2) is 18.4. The fourth-order valence-electron chi connectivity index (χ4n) is 2.12. The van der Waals surface area contributed by atoms with Crippen LogP contribution in [0.5, 0.6) is 0 Å². The lowest BCUT2D eigenvalue weighted by Crippen LogP contribution is -2.27. The first-order valence-electron chi connectivity index (χ1n) is 9.29. The van der Waals surface area contributed by atoms with Gasteiger partial charge in [-0.1, -0.05) is 68.4 Å². The van der Waals surface area contributed by atoms with Gasteiger partial charge in [0.15, 0.2) is 0 Å². The molecule has 0 heterocycles. The van der Waals surface area contributed by atoms with Crippen molar-refractivity contribution in [3.05, 3.63) is 48.6 Å². The van der Waals surface area contributed by atoms with Crippen LogP contribution in [-0.4, -0.2) is 16.9 Å². The predicted octanol–water partition coefficient (Wildman–Crippen LogP) is 5.21. The Morgan fingerprint density at radius 3 is 1.72 bits per heavy atom. The molecule has 0 aromatic carbocycles. The van der Waals surface area contributed by atoms with E-state index in [0.717, 1.165) is 25.7 Å². The number of ketones is 1. The molecule has 0 fully saturated rings. The van der Waals surface area contributed by atoms with Crippen molar-refractivity contribution in [2.45, 2.75) is 71.1 Å². The number of amides is 1. The van der Waals surface area contributed by atoms with Gasteiger partial charge in [-0.25, -0.2) is 5.48 Å². The zero-order chi connectivity index (χ0) is 18.6. The van der Waals surface area contributed by atoms with Crippen molar-refractivity contribution in [2.24, 2.45) is 0 Å². The Hall–Kier alpha value is -1.94. The first-order valence-corrected chi connectivity index (χ1v) is 9.29. The van der Waals surface area contributed by atoms with Gasteiger partial charge in [0.1, 0.15) is 0 Å². The van der Waals surface area contributed by atoms with Crippen molar-refractivity contribution >= 4 is 11.7 Å². The van der Waals surface area contributed by atoms with Crippen LogP contribution in [0.2, 0.25) is 0 Å². The third-order valence-electron chi connectivity index (χ3n) is 3.59. The van der Waals surface area contributed by atoms with E-state index < -0.39 is 11.7 Å². The highest BCUT2D eigenvalue weighted by Gasteiger charge is 2.10. The van der Waals surface area contributed by atoms with E-state index in [1.54, 1.807) is 0 Å². The second-order valence-corrected chi connectivity index (χ2v) is 5.84. The lowest BCUT2D eigenvalue weighted by Gasteiger charge is -1.95. The molecule has 0 spiro atoms. The van der Waals surface area contributed by atoms with Crippen LogP contribution in [0.4, 0.5) is 0 Å². The maximum absolute atomic E-state index is 11.1. The summed E-state index contributed by atoms with van der Waals surface area (Å²) in [5.74, 6) is -1.52. The third kappa shape index (κ3) is 16.7. The fourth-order valence-corrected chi connectivity index (χ4v) is 2.12. The number of allylic oxidation sites excluding steroid dienone is 8. The Labute approximate surface area is 152 Å². The minimum atomic E-state index is -0.938. The highest BCUT2D eigenvalue weighted by molar-refractivity contribution is 6.35. The average Bonchev–Trinajstić information content (AvgIpc) is 2.63. The predicted molar refractivity (Wildman–Crippen MR) is 103 cm³/mol. The van der Waals surface area contributed by atoms with Crippen molar-refractivity contribution in [1.29, 1.82) is 0 Å². The minimum absolute atomic E-state index is 0.157. The molecule has 0 rings (SSSR count). The lowest BCUT2D eigenvalue weighted by molar-refractivity contribution is -0.143. The molecule has 0 aromatic heterocycles. The van der Waals surface area contributed by atoms with Crippen LogP contribution in [0.15, 0.2) is 48.6 Å². The van der Waals surface area contributed by atoms with E-state index in [4.69, 9.17) is 5.21 Å². The molecule has 140 valence electrons. The zero-order valence-corrected chi connectivity index (χ0v) is 15.5. The number of hydrogen-bond donors (Lipinski definition) is 2. The van der Waals surface area contributed by atoms with Gasteiger partial charge in [0.05, 0.1) is 0 Å². The third-order valence-corrected chi connectivity index (χ3v) is 3.59. The molecule has 2 N–H and O–H groups in total. The zero-order valence-electron chi connectivity index (χ0n) is 15.5. The summed E-state index contributed by atoms with van der Waals surface area (Å²) < 4.78 is 0. The van der Waals surface area contributed by atoms with Crippen LogP contribution < -0.4 is 5.48 Å². The molecule has 1 amide bonds. The Morgan fingerprint density at radius 1 is 0.760 bits per heavy atom. The van der Waals surface area contributed by atoms with Gasteiger partial charge in [-0.3, -0.25) is 14.8 Å². The van der Waals surface area contributed by atoms with E-state index in [1.165, 1.54) is 31.2 Å². The van der Waals surface area contributed by atoms with Gasteiger partial charge in [-0.15, -0.1) is 0 Å². The molecular weight excluding hydrogens is 314 g/mol. The van der Waals surface area contributed by atoms with Crippen molar-refractivity contribution in [2.75, 3.05) is 0 Å². The SMILES string of the molecule is CCCCC/C=C\C/C=C\C/C=C\C/C=C\CCCC(=O)C(=O)NO. The highest BCUT2D eigenvalue weighted by Crippen LogP contribution is 2.01. The van der Waals surface area contributed by atoms with Gasteiger partial charge in [0.2, 0.25) is 5.78 Å². The maximum Gasteiger partial charge on any atom is 0.310 e. The molecule has 25 heavy (non-hydrogen) atoms. The van der Waals surface area contributed by atoms with Crippen LogP contribution in [-0.2, 0) is 9.59 Å². The van der Waals surface area contributed by atoms with Crippen molar-refractivity contribution in [3.63, 3.8) is 0 Å². The number of hydroxylamine groups is 1. The molecule has 0 saturated heterocycles. The van der Waals surface area contributed by atoms with Gasteiger partial charge in [-0.05, 0) is 44.9 Å². The van der Waals surface area contributed by atoms with E-state index in [2.05, 4.69) is 49.5 Å². The average molecular weight is 347 g/mol. The summed E-state index contributed by atoms with van der Waals surface area (Å²) in [6.07, 6.45) is 26.6. The van der Waals surface area contributed by atoms with Gasteiger partial charge < -0.3 is 0 Å². The van der Waals surface area contributed by atoms with Crippen LogP contribution in [0.1, 0.15) is 71.1 Å². The van der Waals surface area contributed by atoms with Crippen LogP contribution in [0.3, 0.4) is 0 Å². The Balaban J connectivity index is 3.52. The lowest BCUT2D eigenvalue weighted by atomic mass is 10.1. The van der Waals surface area contributed by atoms with Gasteiger partial charge in [0.25, 0.3) is 0 Å². The minimum Gasteiger partial charge on any atom is -0.289 e. The number of unbranched alkanes of at least 4 members (excludes halogenated alkanes) is 4. The van der Waals surface area contributed by atoms with Gasteiger partial charge >= 0.3 is 5.91 Å². The summed E-state index contributed by atoms with van der Waals surface area (Å²) in [7, 11) is 0. The Kier molecular flexibility index (Phi) is 17.0. The van der Waals surface area contributed by atoms with E-state index in [-0.39, 0.29) is 6.42 Å². The smallest absolute Gasteiger partial charge is 0.289 e. The summed E-state index contributed by atoms with van der Waals surface area (Å²) in [5.41, 5.74) is 1.35. The topological polar surface area (TPSA) is 66.4 Å². The maximum atomic E-state index is 11.1. The molecular formula is C21H33NO3. The number of carbonyl (C=O) groups is 2.